The fourth-order valence-corrected chi connectivity index (χ4v) is 2.77. The lowest BCUT2D eigenvalue weighted by molar-refractivity contribution is -0.126. The summed E-state index contributed by atoms with van der Waals surface area (Å²) in [7, 11) is 0. The average Bonchev–Trinajstić information content (AvgIpc) is 2.45. The number of carbonyl (C=O) groups excluding carboxylic acids is 1. The quantitative estimate of drug-likeness (QED) is 0.773. The first-order valence-electron chi connectivity index (χ1n) is 6.98. The minimum Gasteiger partial charge on any atom is -0.368 e. The maximum absolute atomic E-state index is 10.8. The number of hydrogen-bond donors (Lipinski definition) is 2. The van der Waals surface area contributed by atoms with E-state index in [1.54, 1.807) is 0 Å². The van der Waals surface area contributed by atoms with E-state index in [1.165, 1.54) is 37.7 Å². The van der Waals surface area contributed by atoms with Gasteiger partial charge in [-0.3, -0.25) is 9.63 Å². The van der Waals surface area contributed by atoms with Crippen LogP contribution in [0.2, 0.25) is 0 Å². The lowest BCUT2D eigenvalue weighted by Gasteiger charge is -2.30. The van der Waals surface area contributed by atoms with Crippen molar-refractivity contribution in [1.82, 2.24) is 5.48 Å². The molecule has 104 valence electrons. The van der Waals surface area contributed by atoms with Gasteiger partial charge < -0.3 is 5.73 Å². The fourth-order valence-electron chi connectivity index (χ4n) is 2.77. The number of amides is 1. The van der Waals surface area contributed by atoms with Crippen LogP contribution in [0.25, 0.3) is 0 Å². The summed E-state index contributed by atoms with van der Waals surface area (Å²) in [5.74, 6) is 0.104. The summed E-state index contributed by atoms with van der Waals surface area (Å²) in [4.78, 5) is 16.0. The Morgan fingerprint density at radius 3 is 2.58 bits per heavy atom. The molecule has 1 aromatic rings. The standard InChI is InChI=1S/C15H22N2O2/c16-14(18)11-19-17-15(12-7-3-1-4-8-12)13-9-5-2-6-10-13/h1,3-4,7-8,13,15,17H,2,5-6,9-11H2,(H2,16,18). The molecule has 0 radical (unpaired) electrons. The van der Waals surface area contributed by atoms with E-state index < -0.39 is 5.91 Å². The second-order valence-electron chi connectivity index (χ2n) is 5.16. The summed E-state index contributed by atoms with van der Waals surface area (Å²) in [5.41, 5.74) is 9.34. The van der Waals surface area contributed by atoms with Gasteiger partial charge in [-0.2, -0.15) is 5.48 Å². The number of rotatable bonds is 6. The van der Waals surface area contributed by atoms with Gasteiger partial charge in [-0.15, -0.1) is 0 Å². The van der Waals surface area contributed by atoms with Crippen LogP contribution >= 0.6 is 0 Å². The van der Waals surface area contributed by atoms with Crippen LogP contribution in [-0.2, 0) is 9.63 Å². The summed E-state index contributed by atoms with van der Waals surface area (Å²) in [5, 5.41) is 0. The van der Waals surface area contributed by atoms with E-state index >= 15 is 0 Å². The number of hydrogen-bond acceptors (Lipinski definition) is 3. The van der Waals surface area contributed by atoms with E-state index in [9.17, 15) is 4.79 Å². The van der Waals surface area contributed by atoms with Crippen LogP contribution in [0.4, 0.5) is 0 Å². The van der Waals surface area contributed by atoms with Crippen molar-refractivity contribution in [2.24, 2.45) is 11.7 Å². The second kappa shape index (κ2) is 7.26. The third-order valence-electron chi connectivity index (χ3n) is 3.70. The molecule has 1 aliphatic carbocycles. The minimum atomic E-state index is -0.456. The molecule has 1 aromatic carbocycles. The average molecular weight is 262 g/mol. The SMILES string of the molecule is NC(=O)CONC(c1ccccc1)C1CCCCC1. The first kappa shape index (κ1) is 14.0. The number of primary amides is 1. The lowest BCUT2D eigenvalue weighted by atomic mass is 9.81. The number of hydroxylamine groups is 1. The zero-order chi connectivity index (χ0) is 13.5. The largest absolute Gasteiger partial charge is 0.368 e. The van der Waals surface area contributed by atoms with E-state index in [2.05, 4.69) is 17.6 Å². The topological polar surface area (TPSA) is 64.4 Å². The Bertz CT molecular complexity index is 388. The summed E-state index contributed by atoms with van der Waals surface area (Å²) < 4.78 is 0. The molecule has 0 aliphatic heterocycles. The van der Waals surface area contributed by atoms with E-state index in [0.29, 0.717) is 5.92 Å². The van der Waals surface area contributed by atoms with Crippen molar-refractivity contribution < 1.29 is 9.63 Å². The Hall–Kier alpha value is -1.39. The number of benzene rings is 1. The van der Waals surface area contributed by atoms with Crippen molar-refractivity contribution in [2.45, 2.75) is 38.1 Å². The molecule has 1 amide bonds. The molecule has 1 fully saturated rings. The molecular formula is C15H22N2O2. The Labute approximate surface area is 114 Å². The summed E-state index contributed by atoms with van der Waals surface area (Å²) >= 11 is 0. The normalized spacial score (nSPS) is 18.1. The molecule has 3 N–H and O–H groups in total. The maximum Gasteiger partial charge on any atom is 0.245 e. The van der Waals surface area contributed by atoms with Crippen molar-refractivity contribution in [3.63, 3.8) is 0 Å². The molecule has 2 rings (SSSR count). The van der Waals surface area contributed by atoms with Crippen molar-refractivity contribution in [2.75, 3.05) is 6.61 Å². The van der Waals surface area contributed by atoms with Gasteiger partial charge in [-0.25, -0.2) is 0 Å². The number of nitrogens with one attached hydrogen (secondary N) is 1. The molecule has 1 saturated carbocycles. The molecule has 1 unspecified atom stereocenters. The molecule has 0 heterocycles. The van der Waals surface area contributed by atoms with Crippen molar-refractivity contribution in [3.8, 4) is 0 Å². The molecule has 0 aromatic heterocycles. The molecule has 4 nitrogen and oxygen atoms in total. The molecule has 4 heteroatoms. The smallest absolute Gasteiger partial charge is 0.245 e. The first-order valence-corrected chi connectivity index (χ1v) is 6.98. The van der Waals surface area contributed by atoms with E-state index in [0.717, 1.165) is 0 Å². The Balaban J connectivity index is 2.01. The molecule has 1 aliphatic rings. The van der Waals surface area contributed by atoms with Gasteiger partial charge in [0, 0.05) is 0 Å². The highest BCUT2D eigenvalue weighted by molar-refractivity contribution is 5.74. The summed E-state index contributed by atoms with van der Waals surface area (Å²) in [6.45, 7) is -0.0872. The molecule has 1 atom stereocenters. The van der Waals surface area contributed by atoms with Gasteiger partial charge in [0.2, 0.25) is 5.91 Å². The summed E-state index contributed by atoms with van der Waals surface area (Å²) in [6, 6.07) is 10.4. The molecule has 0 bridgehead atoms. The molecule has 19 heavy (non-hydrogen) atoms. The zero-order valence-electron chi connectivity index (χ0n) is 11.2. The fraction of sp³-hybridized carbons (Fsp3) is 0.533. The van der Waals surface area contributed by atoms with Crippen molar-refractivity contribution in [1.29, 1.82) is 0 Å². The Morgan fingerprint density at radius 1 is 1.26 bits per heavy atom. The molecule has 0 saturated heterocycles. The van der Waals surface area contributed by atoms with E-state index in [1.807, 2.05) is 18.2 Å². The predicted octanol–water partition coefficient (Wildman–Crippen LogP) is 2.31. The second-order valence-corrected chi connectivity index (χ2v) is 5.16. The highest BCUT2D eigenvalue weighted by atomic mass is 16.6. The Kier molecular flexibility index (Phi) is 5.36. The van der Waals surface area contributed by atoms with E-state index in [-0.39, 0.29) is 12.6 Å². The number of carbonyl (C=O) groups is 1. The first-order chi connectivity index (χ1) is 9.27. The molecule has 0 spiro atoms. The van der Waals surface area contributed by atoms with Gasteiger partial charge >= 0.3 is 0 Å². The highest BCUT2D eigenvalue weighted by Crippen LogP contribution is 2.34. The zero-order valence-corrected chi connectivity index (χ0v) is 11.2. The minimum absolute atomic E-state index is 0.0872. The van der Waals surface area contributed by atoms with Gasteiger partial charge in [-0.1, -0.05) is 49.6 Å². The highest BCUT2D eigenvalue weighted by Gasteiger charge is 2.25. The molecular weight excluding hydrogens is 240 g/mol. The van der Waals surface area contributed by atoms with Gasteiger partial charge in [0.05, 0.1) is 6.04 Å². The van der Waals surface area contributed by atoms with Crippen LogP contribution in [-0.4, -0.2) is 12.5 Å². The maximum atomic E-state index is 10.8. The van der Waals surface area contributed by atoms with Crippen molar-refractivity contribution >= 4 is 5.91 Å². The van der Waals surface area contributed by atoms with Crippen LogP contribution in [0.15, 0.2) is 30.3 Å². The third kappa shape index (κ3) is 4.33. The Morgan fingerprint density at radius 2 is 1.95 bits per heavy atom. The van der Waals surface area contributed by atoms with Gasteiger partial charge in [-0.05, 0) is 24.3 Å². The van der Waals surface area contributed by atoms with Crippen LogP contribution in [0.5, 0.6) is 0 Å². The third-order valence-corrected chi connectivity index (χ3v) is 3.70. The lowest BCUT2D eigenvalue weighted by Crippen LogP contribution is -2.32. The van der Waals surface area contributed by atoms with E-state index in [4.69, 9.17) is 10.6 Å². The monoisotopic (exact) mass is 262 g/mol. The van der Waals surface area contributed by atoms with Crippen LogP contribution < -0.4 is 11.2 Å². The van der Waals surface area contributed by atoms with Crippen LogP contribution in [0.3, 0.4) is 0 Å². The summed E-state index contributed by atoms with van der Waals surface area (Å²) in [6.07, 6.45) is 6.26. The van der Waals surface area contributed by atoms with Crippen LogP contribution in [0.1, 0.15) is 43.7 Å². The van der Waals surface area contributed by atoms with Crippen LogP contribution in [0, 0.1) is 5.92 Å². The predicted molar refractivity (Wildman–Crippen MR) is 74.0 cm³/mol. The van der Waals surface area contributed by atoms with Gasteiger partial charge in [0.15, 0.2) is 0 Å². The van der Waals surface area contributed by atoms with Crippen molar-refractivity contribution in [3.05, 3.63) is 35.9 Å². The number of nitrogens with two attached hydrogens (primary N) is 1. The van der Waals surface area contributed by atoms with Gasteiger partial charge in [0.25, 0.3) is 0 Å². The van der Waals surface area contributed by atoms with Gasteiger partial charge in [0.1, 0.15) is 6.61 Å².